The van der Waals surface area contributed by atoms with Crippen LogP contribution in [0.15, 0.2) is 72.8 Å². The number of carbonyl (C=O) groups excluding carboxylic acids is 2. The summed E-state index contributed by atoms with van der Waals surface area (Å²) in [7, 11) is 0. The van der Waals surface area contributed by atoms with E-state index in [0.29, 0.717) is 6.42 Å². The monoisotopic (exact) mass is 472 g/mol. The lowest BCUT2D eigenvalue weighted by atomic mass is 9.98. The number of hydrogen-bond acceptors (Lipinski definition) is 4. The number of para-hydroxylation sites is 1. The van der Waals surface area contributed by atoms with Crippen LogP contribution >= 0.6 is 0 Å². The number of fused-ring (bicyclic) bond motifs is 3. The van der Waals surface area contributed by atoms with Crippen LogP contribution in [0.25, 0.3) is 11.1 Å². The van der Waals surface area contributed by atoms with Crippen LogP contribution in [0.3, 0.4) is 0 Å². The topological polar surface area (TPSA) is 105 Å². The molecular formula is C28H28N2O5. The van der Waals surface area contributed by atoms with Crippen LogP contribution in [0.2, 0.25) is 0 Å². The lowest BCUT2D eigenvalue weighted by Crippen LogP contribution is -2.32. The van der Waals surface area contributed by atoms with Crippen LogP contribution in [0.1, 0.15) is 47.2 Å². The summed E-state index contributed by atoms with van der Waals surface area (Å²) in [6.07, 6.45) is 0.285. The van der Waals surface area contributed by atoms with E-state index in [9.17, 15) is 19.5 Å². The predicted octanol–water partition coefficient (Wildman–Crippen LogP) is 5.28. The molecule has 3 N–H and O–H groups in total. The Morgan fingerprint density at radius 3 is 2.14 bits per heavy atom. The van der Waals surface area contributed by atoms with Gasteiger partial charge in [0.05, 0.1) is 11.3 Å². The van der Waals surface area contributed by atoms with Crippen LogP contribution in [0.4, 0.5) is 10.5 Å². The Morgan fingerprint density at radius 2 is 1.51 bits per heavy atom. The molecular weight excluding hydrogens is 444 g/mol. The Morgan fingerprint density at radius 1 is 0.914 bits per heavy atom. The fraction of sp³-hybridized carbons (Fsp3) is 0.250. The van der Waals surface area contributed by atoms with Crippen molar-refractivity contribution in [2.45, 2.75) is 25.7 Å². The van der Waals surface area contributed by atoms with Gasteiger partial charge in [0, 0.05) is 18.9 Å². The first-order chi connectivity index (χ1) is 17.0. The molecule has 1 aliphatic carbocycles. The number of ether oxygens (including phenoxy) is 1. The molecule has 1 aliphatic rings. The largest absolute Gasteiger partial charge is 0.478 e. The summed E-state index contributed by atoms with van der Waals surface area (Å²) in [5, 5.41) is 14.7. The van der Waals surface area contributed by atoms with Crippen molar-refractivity contribution in [2.75, 3.05) is 18.5 Å². The number of carboxylic acids is 1. The molecule has 1 unspecified atom stereocenters. The van der Waals surface area contributed by atoms with E-state index < -0.39 is 12.1 Å². The normalized spacial score (nSPS) is 12.8. The maximum absolute atomic E-state index is 12.5. The molecule has 0 heterocycles. The molecule has 0 saturated carbocycles. The molecule has 7 nitrogen and oxygen atoms in total. The van der Waals surface area contributed by atoms with E-state index in [2.05, 4.69) is 34.9 Å². The van der Waals surface area contributed by atoms with E-state index in [4.69, 9.17) is 4.74 Å². The smallest absolute Gasteiger partial charge is 0.407 e. The van der Waals surface area contributed by atoms with E-state index in [1.54, 1.807) is 18.2 Å². The average molecular weight is 473 g/mol. The standard InChI is InChI=1S/C28H28N2O5/c1-2-18(15-26(31)30-25-14-8-7-13-23(25)27(32)33)16-29-28(34)35-17-24-21-11-5-3-9-19(21)20-10-4-6-12-22(20)24/h3-14,18,24H,2,15-17H2,1H3,(H,29,34)(H,30,31)(H,32,33). The number of alkyl carbamates (subject to hydrolysis) is 1. The van der Waals surface area contributed by atoms with Crippen LogP contribution in [-0.2, 0) is 9.53 Å². The van der Waals surface area contributed by atoms with E-state index in [1.165, 1.54) is 17.2 Å². The molecule has 0 spiro atoms. The van der Waals surface area contributed by atoms with Crippen molar-refractivity contribution in [1.82, 2.24) is 5.32 Å². The van der Waals surface area contributed by atoms with Gasteiger partial charge in [-0.1, -0.05) is 74.0 Å². The Bertz CT molecular complexity index is 1190. The van der Waals surface area contributed by atoms with Crippen molar-refractivity contribution < 1.29 is 24.2 Å². The minimum atomic E-state index is -1.11. The van der Waals surface area contributed by atoms with Crippen molar-refractivity contribution in [1.29, 1.82) is 0 Å². The fourth-order valence-corrected chi connectivity index (χ4v) is 4.48. The zero-order valence-electron chi connectivity index (χ0n) is 19.5. The lowest BCUT2D eigenvalue weighted by Gasteiger charge is -2.18. The van der Waals surface area contributed by atoms with E-state index in [0.717, 1.165) is 11.1 Å². The summed E-state index contributed by atoms with van der Waals surface area (Å²) in [5.74, 6) is -1.55. The number of hydrogen-bond donors (Lipinski definition) is 3. The highest BCUT2D eigenvalue weighted by Crippen LogP contribution is 2.44. The lowest BCUT2D eigenvalue weighted by molar-refractivity contribution is -0.117. The summed E-state index contributed by atoms with van der Waals surface area (Å²) in [4.78, 5) is 36.3. The minimum Gasteiger partial charge on any atom is -0.478 e. The Hall–Kier alpha value is -4.13. The third-order valence-corrected chi connectivity index (χ3v) is 6.36. The average Bonchev–Trinajstić information content (AvgIpc) is 3.19. The van der Waals surface area contributed by atoms with Gasteiger partial charge in [0.2, 0.25) is 5.91 Å². The van der Waals surface area contributed by atoms with Crippen molar-refractivity contribution in [2.24, 2.45) is 5.92 Å². The first-order valence-electron chi connectivity index (χ1n) is 11.7. The first kappa shape index (κ1) is 24.0. The second-order valence-electron chi connectivity index (χ2n) is 8.58. The predicted molar refractivity (Wildman–Crippen MR) is 134 cm³/mol. The molecule has 0 aliphatic heterocycles. The molecule has 2 amide bonds. The van der Waals surface area contributed by atoms with E-state index in [-0.39, 0.29) is 48.6 Å². The number of carbonyl (C=O) groups is 3. The SMILES string of the molecule is CCC(CNC(=O)OCC1c2ccccc2-c2ccccc21)CC(=O)Nc1ccccc1C(=O)O. The number of aromatic carboxylic acids is 1. The van der Waals surface area contributed by atoms with Crippen LogP contribution in [0, 0.1) is 5.92 Å². The second-order valence-corrected chi connectivity index (χ2v) is 8.58. The number of amides is 2. The summed E-state index contributed by atoms with van der Waals surface area (Å²) in [5.41, 5.74) is 4.91. The third kappa shape index (κ3) is 5.51. The highest BCUT2D eigenvalue weighted by molar-refractivity contribution is 6.00. The summed E-state index contributed by atoms with van der Waals surface area (Å²) >= 11 is 0. The minimum absolute atomic E-state index is 0.0183. The summed E-state index contributed by atoms with van der Waals surface area (Å²) in [6.45, 7) is 2.44. The van der Waals surface area contributed by atoms with Crippen molar-refractivity contribution >= 4 is 23.7 Å². The molecule has 3 aromatic carbocycles. The number of benzene rings is 3. The number of anilines is 1. The van der Waals surface area contributed by atoms with Crippen molar-refractivity contribution in [3.63, 3.8) is 0 Å². The molecule has 0 fully saturated rings. The molecule has 4 rings (SSSR count). The van der Waals surface area contributed by atoms with Gasteiger partial charge in [0.25, 0.3) is 0 Å². The summed E-state index contributed by atoms with van der Waals surface area (Å²) < 4.78 is 5.56. The zero-order chi connectivity index (χ0) is 24.8. The van der Waals surface area contributed by atoms with E-state index in [1.807, 2.05) is 31.2 Å². The van der Waals surface area contributed by atoms with Crippen molar-refractivity contribution in [3.8, 4) is 11.1 Å². The van der Waals surface area contributed by atoms with Gasteiger partial charge in [-0.3, -0.25) is 4.79 Å². The van der Waals surface area contributed by atoms with Crippen LogP contribution < -0.4 is 10.6 Å². The number of nitrogens with one attached hydrogen (secondary N) is 2. The second kappa shape index (κ2) is 10.9. The molecule has 7 heteroatoms. The molecule has 0 bridgehead atoms. The van der Waals surface area contributed by atoms with Crippen LogP contribution in [0.5, 0.6) is 0 Å². The van der Waals surface area contributed by atoms with Crippen LogP contribution in [-0.4, -0.2) is 36.2 Å². The molecule has 180 valence electrons. The Balaban J connectivity index is 1.29. The molecule has 3 aromatic rings. The van der Waals surface area contributed by atoms with Gasteiger partial charge in [-0.15, -0.1) is 0 Å². The van der Waals surface area contributed by atoms with Gasteiger partial charge < -0.3 is 20.5 Å². The molecule has 0 saturated heterocycles. The molecule has 0 aromatic heterocycles. The maximum Gasteiger partial charge on any atom is 0.407 e. The molecule has 35 heavy (non-hydrogen) atoms. The Labute approximate surface area is 204 Å². The highest BCUT2D eigenvalue weighted by atomic mass is 16.5. The van der Waals surface area contributed by atoms with Gasteiger partial charge in [0.1, 0.15) is 6.61 Å². The zero-order valence-corrected chi connectivity index (χ0v) is 19.5. The number of rotatable bonds is 9. The van der Waals surface area contributed by atoms with Crippen molar-refractivity contribution in [3.05, 3.63) is 89.5 Å². The summed E-state index contributed by atoms with van der Waals surface area (Å²) in [6, 6.07) is 22.5. The van der Waals surface area contributed by atoms with Gasteiger partial charge >= 0.3 is 12.1 Å². The third-order valence-electron chi connectivity index (χ3n) is 6.36. The van der Waals surface area contributed by atoms with E-state index >= 15 is 0 Å². The van der Waals surface area contributed by atoms with Gasteiger partial charge in [0.15, 0.2) is 0 Å². The van der Waals surface area contributed by atoms with Gasteiger partial charge in [-0.25, -0.2) is 9.59 Å². The van der Waals surface area contributed by atoms with Gasteiger partial charge in [-0.2, -0.15) is 0 Å². The Kier molecular flexibility index (Phi) is 7.45. The highest BCUT2D eigenvalue weighted by Gasteiger charge is 2.29. The van der Waals surface area contributed by atoms with Gasteiger partial charge in [-0.05, 0) is 40.3 Å². The maximum atomic E-state index is 12.5. The quantitative estimate of drug-likeness (QED) is 0.393. The molecule has 0 radical (unpaired) electrons. The molecule has 1 atom stereocenters. The first-order valence-corrected chi connectivity index (χ1v) is 11.7. The number of carboxylic acid groups (broad SMARTS) is 1. The fourth-order valence-electron chi connectivity index (χ4n) is 4.48.